The van der Waals surface area contributed by atoms with Crippen LogP contribution in [-0.2, 0) is 6.61 Å². The van der Waals surface area contributed by atoms with E-state index in [4.69, 9.17) is 23.2 Å². The van der Waals surface area contributed by atoms with Crippen LogP contribution < -0.4 is 5.32 Å². The molecule has 5 heteroatoms. The number of aryl methyl sites for hydroxylation is 2. The summed E-state index contributed by atoms with van der Waals surface area (Å²) in [5, 5.41) is 13.4. The second-order valence-corrected chi connectivity index (χ2v) is 7.27. The van der Waals surface area contributed by atoms with E-state index >= 15 is 0 Å². The Kier molecular flexibility index (Phi) is 5.85. The molecule has 3 aromatic carbocycles. The van der Waals surface area contributed by atoms with Crippen LogP contribution in [0.5, 0.6) is 0 Å². The Labute approximate surface area is 168 Å². The molecule has 0 aliphatic rings. The Balaban J connectivity index is 1.91. The Morgan fingerprint density at radius 2 is 1.70 bits per heavy atom. The molecule has 3 nitrogen and oxygen atoms in total. The predicted octanol–water partition coefficient (Wildman–Crippen LogP) is 6.02. The molecule has 0 spiro atoms. The number of hydrogen-bond acceptors (Lipinski definition) is 2. The number of halogens is 2. The smallest absolute Gasteiger partial charge is 0.256 e. The van der Waals surface area contributed by atoms with Gasteiger partial charge in [0.1, 0.15) is 0 Å². The molecular weight excluding hydrogens is 381 g/mol. The SMILES string of the molecule is Cc1cc(CO)cc(C)c1C(=O)Nc1cccc(-c2cc(Cl)ccc2Cl)c1. The van der Waals surface area contributed by atoms with Gasteiger partial charge in [0.2, 0.25) is 0 Å². The van der Waals surface area contributed by atoms with Crippen molar-refractivity contribution in [3.05, 3.63) is 86.9 Å². The van der Waals surface area contributed by atoms with E-state index in [1.807, 2.05) is 50.2 Å². The second kappa shape index (κ2) is 8.13. The molecule has 0 radical (unpaired) electrons. The number of amides is 1. The lowest BCUT2D eigenvalue weighted by atomic mass is 9.98. The van der Waals surface area contributed by atoms with E-state index in [1.54, 1.807) is 18.2 Å². The highest BCUT2D eigenvalue weighted by molar-refractivity contribution is 6.35. The molecule has 2 N–H and O–H groups in total. The third-order valence-corrected chi connectivity index (χ3v) is 4.93. The zero-order chi connectivity index (χ0) is 19.6. The molecule has 3 rings (SSSR count). The van der Waals surface area contributed by atoms with Gasteiger partial charge in [-0.25, -0.2) is 0 Å². The maximum absolute atomic E-state index is 12.8. The van der Waals surface area contributed by atoms with Crippen LogP contribution >= 0.6 is 23.2 Å². The summed E-state index contributed by atoms with van der Waals surface area (Å²) in [4.78, 5) is 12.8. The van der Waals surface area contributed by atoms with Gasteiger partial charge in [0.05, 0.1) is 6.61 Å². The van der Waals surface area contributed by atoms with Crippen LogP contribution in [0.2, 0.25) is 10.0 Å². The van der Waals surface area contributed by atoms with Crippen molar-refractivity contribution in [3.8, 4) is 11.1 Å². The molecule has 1 amide bonds. The van der Waals surface area contributed by atoms with Gasteiger partial charge in [-0.1, -0.05) is 47.5 Å². The number of rotatable bonds is 4. The fourth-order valence-corrected chi connectivity index (χ4v) is 3.58. The average molecular weight is 400 g/mol. The predicted molar refractivity (Wildman–Crippen MR) is 112 cm³/mol. The van der Waals surface area contributed by atoms with E-state index < -0.39 is 0 Å². The number of aliphatic hydroxyl groups is 1. The van der Waals surface area contributed by atoms with Gasteiger partial charge in [-0.2, -0.15) is 0 Å². The first-order valence-electron chi connectivity index (χ1n) is 8.47. The van der Waals surface area contributed by atoms with E-state index in [0.717, 1.165) is 27.8 Å². The van der Waals surface area contributed by atoms with Crippen molar-refractivity contribution in [1.29, 1.82) is 0 Å². The summed E-state index contributed by atoms with van der Waals surface area (Å²) in [6.45, 7) is 3.68. The molecule has 0 bridgehead atoms. The minimum Gasteiger partial charge on any atom is -0.392 e. The van der Waals surface area contributed by atoms with Gasteiger partial charge < -0.3 is 10.4 Å². The highest BCUT2D eigenvalue weighted by Gasteiger charge is 2.14. The minimum absolute atomic E-state index is 0.0496. The summed E-state index contributed by atoms with van der Waals surface area (Å²) in [6.07, 6.45) is 0. The van der Waals surface area contributed by atoms with Crippen LogP contribution in [0.3, 0.4) is 0 Å². The molecule has 0 aliphatic heterocycles. The monoisotopic (exact) mass is 399 g/mol. The fourth-order valence-electron chi connectivity index (χ4n) is 3.18. The summed E-state index contributed by atoms with van der Waals surface area (Å²) in [7, 11) is 0. The zero-order valence-corrected chi connectivity index (χ0v) is 16.5. The first kappa shape index (κ1) is 19.4. The quantitative estimate of drug-likeness (QED) is 0.563. The van der Waals surface area contributed by atoms with Crippen molar-refractivity contribution in [2.24, 2.45) is 0 Å². The van der Waals surface area contributed by atoms with Crippen molar-refractivity contribution in [3.63, 3.8) is 0 Å². The molecule has 0 heterocycles. The summed E-state index contributed by atoms with van der Waals surface area (Å²) in [5.41, 5.74) is 5.39. The zero-order valence-electron chi connectivity index (χ0n) is 15.0. The number of carbonyl (C=O) groups excluding carboxylic acids is 1. The Hall–Kier alpha value is -2.33. The van der Waals surface area contributed by atoms with E-state index in [0.29, 0.717) is 21.3 Å². The van der Waals surface area contributed by atoms with E-state index in [2.05, 4.69) is 5.32 Å². The molecule has 0 aliphatic carbocycles. The number of anilines is 1. The second-order valence-electron chi connectivity index (χ2n) is 6.42. The van der Waals surface area contributed by atoms with Crippen LogP contribution in [0.1, 0.15) is 27.0 Å². The van der Waals surface area contributed by atoms with Crippen LogP contribution in [0, 0.1) is 13.8 Å². The molecule has 0 saturated carbocycles. The maximum atomic E-state index is 12.8. The highest BCUT2D eigenvalue weighted by atomic mass is 35.5. The van der Waals surface area contributed by atoms with Crippen LogP contribution in [0.25, 0.3) is 11.1 Å². The number of benzene rings is 3. The van der Waals surface area contributed by atoms with Crippen molar-refractivity contribution in [1.82, 2.24) is 0 Å². The molecule has 0 aromatic heterocycles. The van der Waals surface area contributed by atoms with E-state index in [-0.39, 0.29) is 12.5 Å². The number of hydrogen-bond donors (Lipinski definition) is 2. The van der Waals surface area contributed by atoms with E-state index in [9.17, 15) is 9.90 Å². The normalized spacial score (nSPS) is 10.7. The summed E-state index contributed by atoms with van der Waals surface area (Å²) in [5.74, 6) is -0.191. The first-order chi connectivity index (χ1) is 12.9. The summed E-state index contributed by atoms with van der Waals surface area (Å²) in [6, 6.07) is 16.4. The molecular formula is C22H19Cl2NO2. The van der Waals surface area contributed by atoms with E-state index in [1.165, 1.54) is 0 Å². The van der Waals surface area contributed by atoms with Crippen LogP contribution in [0.15, 0.2) is 54.6 Å². The topological polar surface area (TPSA) is 49.3 Å². The lowest BCUT2D eigenvalue weighted by Gasteiger charge is -2.13. The number of nitrogens with one attached hydrogen (secondary N) is 1. The third kappa shape index (κ3) is 4.33. The lowest BCUT2D eigenvalue weighted by Crippen LogP contribution is -2.15. The van der Waals surface area contributed by atoms with Gasteiger partial charge in [-0.05, 0) is 66.4 Å². The molecule has 0 fully saturated rings. The lowest BCUT2D eigenvalue weighted by molar-refractivity contribution is 0.102. The standard InChI is InChI=1S/C22H19Cl2NO2/c1-13-8-15(12-26)9-14(2)21(13)22(27)25-18-5-3-4-16(10-18)19-11-17(23)6-7-20(19)24/h3-11,26H,12H2,1-2H3,(H,25,27). The fraction of sp³-hybridized carbons (Fsp3) is 0.136. The largest absolute Gasteiger partial charge is 0.392 e. The highest BCUT2D eigenvalue weighted by Crippen LogP contribution is 2.32. The van der Waals surface area contributed by atoms with Gasteiger partial charge in [0, 0.05) is 26.9 Å². The third-order valence-electron chi connectivity index (χ3n) is 4.36. The maximum Gasteiger partial charge on any atom is 0.256 e. The van der Waals surface area contributed by atoms with Crippen molar-refractivity contribution >= 4 is 34.8 Å². The molecule has 0 saturated heterocycles. The Morgan fingerprint density at radius 3 is 2.37 bits per heavy atom. The summed E-state index contributed by atoms with van der Waals surface area (Å²) >= 11 is 12.4. The van der Waals surface area contributed by atoms with Crippen molar-refractivity contribution in [2.45, 2.75) is 20.5 Å². The van der Waals surface area contributed by atoms with Gasteiger partial charge >= 0.3 is 0 Å². The van der Waals surface area contributed by atoms with Crippen molar-refractivity contribution in [2.75, 3.05) is 5.32 Å². The minimum atomic E-state index is -0.191. The first-order valence-corrected chi connectivity index (χ1v) is 9.22. The van der Waals surface area contributed by atoms with Gasteiger partial charge in [0.25, 0.3) is 5.91 Å². The van der Waals surface area contributed by atoms with Gasteiger partial charge in [-0.3, -0.25) is 4.79 Å². The van der Waals surface area contributed by atoms with Gasteiger partial charge in [0.15, 0.2) is 0 Å². The average Bonchev–Trinajstić information content (AvgIpc) is 2.63. The number of aliphatic hydroxyl groups excluding tert-OH is 1. The van der Waals surface area contributed by atoms with Crippen LogP contribution in [-0.4, -0.2) is 11.0 Å². The molecule has 0 atom stereocenters. The Morgan fingerprint density at radius 1 is 1.00 bits per heavy atom. The molecule has 138 valence electrons. The Bertz CT molecular complexity index is 992. The molecule has 27 heavy (non-hydrogen) atoms. The van der Waals surface area contributed by atoms with Crippen molar-refractivity contribution < 1.29 is 9.90 Å². The molecule has 3 aromatic rings. The summed E-state index contributed by atoms with van der Waals surface area (Å²) < 4.78 is 0. The van der Waals surface area contributed by atoms with Crippen LogP contribution in [0.4, 0.5) is 5.69 Å². The molecule has 0 unspecified atom stereocenters. The van der Waals surface area contributed by atoms with Gasteiger partial charge in [-0.15, -0.1) is 0 Å². The number of carbonyl (C=O) groups is 1.